The van der Waals surface area contributed by atoms with Gasteiger partial charge in [0.2, 0.25) is 0 Å². The number of carbonyl (C=O) groups is 1. The monoisotopic (exact) mass is 416 g/mol. The molecule has 0 atom stereocenters. The van der Waals surface area contributed by atoms with Crippen molar-refractivity contribution in [2.24, 2.45) is 5.10 Å². The maximum Gasteiger partial charge on any atom is 0.307 e. The van der Waals surface area contributed by atoms with Gasteiger partial charge in [-0.25, -0.2) is 5.43 Å². The number of amides is 1. The minimum atomic E-state index is -0.433. The lowest BCUT2D eigenvalue weighted by Gasteiger charge is -2.11. The number of rotatable bonds is 5. The number of hydrogen-bond donors (Lipinski definition) is 1. The quantitative estimate of drug-likeness (QED) is 0.497. The second kappa shape index (κ2) is 7.61. The van der Waals surface area contributed by atoms with Crippen LogP contribution in [0, 0.1) is 6.92 Å². The molecule has 0 aliphatic rings. The van der Waals surface area contributed by atoms with Gasteiger partial charge in [0.15, 0.2) is 5.76 Å². The highest BCUT2D eigenvalue weighted by atomic mass is 79.9. The molecule has 2 aromatic carbocycles. The van der Waals surface area contributed by atoms with Crippen molar-refractivity contribution in [1.82, 2.24) is 5.43 Å². The van der Waals surface area contributed by atoms with Gasteiger partial charge in [-0.05, 0) is 43.3 Å². The third-order valence-corrected chi connectivity index (χ3v) is 4.38. The molecule has 1 amide bonds. The van der Waals surface area contributed by atoms with Crippen LogP contribution in [0.4, 0.5) is 0 Å². The molecule has 6 nitrogen and oxygen atoms in total. The average molecular weight is 417 g/mol. The van der Waals surface area contributed by atoms with E-state index in [4.69, 9.17) is 13.9 Å². The van der Waals surface area contributed by atoms with Crippen molar-refractivity contribution in [3.8, 4) is 11.5 Å². The molecule has 0 fully saturated rings. The zero-order valence-corrected chi connectivity index (χ0v) is 16.1. The smallest absolute Gasteiger partial charge is 0.307 e. The first kappa shape index (κ1) is 18.0. The summed E-state index contributed by atoms with van der Waals surface area (Å²) in [5, 5.41) is 4.83. The van der Waals surface area contributed by atoms with E-state index >= 15 is 0 Å². The van der Waals surface area contributed by atoms with Gasteiger partial charge in [-0.2, -0.15) is 5.10 Å². The highest BCUT2D eigenvalue weighted by molar-refractivity contribution is 9.10. The van der Waals surface area contributed by atoms with Crippen LogP contribution < -0.4 is 14.9 Å². The van der Waals surface area contributed by atoms with Crippen LogP contribution in [0.15, 0.2) is 50.4 Å². The number of hydrazone groups is 1. The number of benzene rings is 2. The Morgan fingerprint density at radius 1 is 1.19 bits per heavy atom. The van der Waals surface area contributed by atoms with Crippen LogP contribution >= 0.6 is 15.9 Å². The topological polar surface area (TPSA) is 73.1 Å². The lowest BCUT2D eigenvalue weighted by molar-refractivity contribution is 0.0929. The molecule has 1 heterocycles. The number of hydrogen-bond acceptors (Lipinski definition) is 5. The molecule has 0 bridgehead atoms. The molecule has 0 saturated heterocycles. The standard InChI is InChI=1S/C19H17BrN2O4/c1-11-15(24-2)6-4-12(18(11)25-3)10-21-22-19(23)17-9-13-8-14(20)5-7-16(13)26-17/h4-10H,1-3H3,(H,22,23)/b21-10+. The van der Waals surface area contributed by atoms with Gasteiger partial charge < -0.3 is 13.9 Å². The molecule has 3 aromatic rings. The fourth-order valence-corrected chi connectivity index (χ4v) is 3.01. The van der Waals surface area contributed by atoms with Gasteiger partial charge in [0.25, 0.3) is 0 Å². The Morgan fingerprint density at radius 3 is 2.73 bits per heavy atom. The summed E-state index contributed by atoms with van der Waals surface area (Å²) in [6, 6.07) is 10.8. The Bertz CT molecular complexity index is 995. The van der Waals surface area contributed by atoms with Gasteiger partial charge >= 0.3 is 5.91 Å². The van der Waals surface area contributed by atoms with Crippen LogP contribution in [-0.4, -0.2) is 26.3 Å². The molecule has 0 aliphatic heterocycles. The van der Waals surface area contributed by atoms with E-state index in [0.29, 0.717) is 11.3 Å². The van der Waals surface area contributed by atoms with Gasteiger partial charge in [-0.15, -0.1) is 0 Å². The fourth-order valence-electron chi connectivity index (χ4n) is 2.63. The molecule has 0 saturated carbocycles. The molecular weight excluding hydrogens is 400 g/mol. The Hall–Kier alpha value is -2.80. The number of furan rings is 1. The molecule has 7 heteroatoms. The van der Waals surface area contributed by atoms with Crippen molar-refractivity contribution in [2.45, 2.75) is 6.92 Å². The first-order valence-corrected chi connectivity index (χ1v) is 8.57. The summed E-state index contributed by atoms with van der Waals surface area (Å²) in [5.74, 6) is 1.11. The molecule has 26 heavy (non-hydrogen) atoms. The SMILES string of the molecule is COc1ccc(/C=N/NC(=O)c2cc3cc(Br)ccc3o2)c(OC)c1C. The van der Waals surface area contributed by atoms with Gasteiger partial charge in [-0.3, -0.25) is 4.79 Å². The van der Waals surface area contributed by atoms with Crippen molar-refractivity contribution < 1.29 is 18.7 Å². The molecule has 0 radical (unpaired) electrons. The summed E-state index contributed by atoms with van der Waals surface area (Å²) < 4.78 is 17.1. The lowest BCUT2D eigenvalue weighted by atomic mass is 10.1. The lowest BCUT2D eigenvalue weighted by Crippen LogP contribution is -2.16. The minimum Gasteiger partial charge on any atom is -0.496 e. The summed E-state index contributed by atoms with van der Waals surface area (Å²) in [6.07, 6.45) is 1.52. The van der Waals surface area contributed by atoms with Crippen LogP contribution in [0.3, 0.4) is 0 Å². The zero-order valence-electron chi connectivity index (χ0n) is 14.5. The van der Waals surface area contributed by atoms with Crippen LogP contribution in [0.1, 0.15) is 21.7 Å². The van der Waals surface area contributed by atoms with E-state index in [-0.39, 0.29) is 5.76 Å². The summed E-state index contributed by atoms with van der Waals surface area (Å²) in [7, 11) is 3.17. The van der Waals surface area contributed by atoms with Crippen LogP contribution in [0.25, 0.3) is 11.0 Å². The molecule has 1 aromatic heterocycles. The zero-order chi connectivity index (χ0) is 18.7. The van der Waals surface area contributed by atoms with Crippen molar-refractivity contribution in [2.75, 3.05) is 14.2 Å². The first-order chi connectivity index (χ1) is 12.5. The van der Waals surface area contributed by atoms with E-state index in [1.807, 2.05) is 25.1 Å². The van der Waals surface area contributed by atoms with Crippen LogP contribution in [-0.2, 0) is 0 Å². The van der Waals surface area contributed by atoms with E-state index < -0.39 is 5.91 Å². The largest absolute Gasteiger partial charge is 0.496 e. The van der Waals surface area contributed by atoms with Crippen LogP contribution in [0.2, 0.25) is 0 Å². The Labute approximate surface area is 158 Å². The molecular formula is C19H17BrN2O4. The normalized spacial score (nSPS) is 11.1. The van der Waals surface area contributed by atoms with Crippen LogP contribution in [0.5, 0.6) is 11.5 Å². The molecule has 3 rings (SSSR count). The molecule has 0 spiro atoms. The molecule has 1 N–H and O–H groups in total. The Morgan fingerprint density at radius 2 is 2.00 bits per heavy atom. The number of nitrogens with zero attached hydrogens (tertiary/aromatic N) is 1. The van der Waals surface area contributed by atoms with Gasteiger partial charge in [0.1, 0.15) is 17.1 Å². The van der Waals surface area contributed by atoms with E-state index in [2.05, 4.69) is 26.5 Å². The van der Waals surface area contributed by atoms with E-state index in [1.54, 1.807) is 32.4 Å². The van der Waals surface area contributed by atoms with Crippen molar-refractivity contribution in [3.63, 3.8) is 0 Å². The summed E-state index contributed by atoms with van der Waals surface area (Å²) in [6.45, 7) is 1.89. The predicted octanol–water partition coefficient (Wildman–Crippen LogP) is 4.28. The molecule has 0 aliphatic carbocycles. The van der Waals surface area contributed by atoms with Crippen molar-refractivity contribution >= 4 is 39.0 Å². The third-order valence-electron chi connectivity index (χ3n) is 3.88. The Kier molecular flexibility index (Phi) is 5.27. The minimum absolute atomic E-state index is 0.188. The first-order valence-electron chi connectivity index (χ1n) is 7.77. The number of methoxy groups -OCH3 is 2. The maximum absolute atomic E-state index is 12.2. The number of fused-ring (bicyclic) bond motifs is 1. The molecule has 134 valence electrons. The average Bonchev–Trinajstić information content (AvgIpc) is 3.05. The highest BCUT2D eigenvalue weighted by Crippen LogP contribution is 2.30. The second-order valence-corrected chi connectivity index (χ2v) is 6.42. The second-order valence-electron chi connectivity index (χ2n) is 5.51. The Balaban J connectivity index is 1.77. The predicted molar refractivity (Wildman–Crippen MR) is 103 cm³/mol. The van der Waals surface area contributed by atoms with Gasteiger partial charge in [-0.1, -0.05) is 15.9 Å². The van der Waals surface area contributed by atoms with E-state index in [1.165, 1.54) is 6.21 Å². The maximum atomic E-state index is 12.2. The van der Waals surface area contributed by atoms with Crippen molar-refractivity contribution in [1.29, 1.82) is 0 Å². The number of ether oxygens (including phenoxy) is 2. The van der Waals surface area contributed by atoms with E-state index in [9.17, 15) is 4.79 Å². The number of halogens is 1. The number of carbonyl (C=O) groups excluding carboxylic acids is 1. The summed E-state index contributed by atoms with van der Waals surface area (Å²) in [5.41, 5.74) is 4.67. The summed E-state index contributed by atoms with van der Waals surface area (Å²) in [4.78, 5) is 12.2. The number of nitrogens with one attached hydrogen (secondary N) is 1. The molecule has 0 unspecified atom stereocenters. The summed E-state index contributed by atoms with van der Waals surface area (Å²) >= 11 is 3.39. The van der Waals surface area contributed by atoms with E-state index in [0.717, 1.165) is 26.7 Å². The third kappa shape index (κ3) is 3.57. The van der Waals surface area contributed by atoms with Gasteiger partial charge in [0.05, 0.1) is 20.4 Å². The fraction of sp³-hybridized carbons (Fsp3) is 0.158. The van der Waals surface area contributed by atoms with Gasteiger partial charge in [0, 0.05) is 21.0 Å². The van der Waals surface area contributed by atoms with Crippen molar-refractivity contribution in [3.05, 3.63) is 57.8 Å². The highest BCUT2D eigenvalue weighted by Gasteiger charge is 2.13.